The fraction of sp³-hybridized carbons (Fsp3) is 0.273. The lowest BCUT2D eigenvalue weighted by Crippen LogP contribution is -2.48. The van der Waals surface area contributed by atoms with E-state index >= 15 is 0 Å². The van der Waals surface area contributed by atoms with Gasteiger partial charge in [-0.15, -0.1) is 0 Å². The van der Waals surface area contributed by atoms with Gasteiger partial charge in [0, 0.05) is 11.8 Å². The van der Waals surface area contributed by atoms with Gasteiger partial charge >= 0.3 is 5.97 Å². The van der Waals surface area contributed by atoms with E-state index in [1.165, 1.54) is 6.08 Å². The highest BCUT2D eigenvalue weighted by atomic mass is 35.6. The average Bonchev–Trinajstić information content (AvgIpc) is 2.72. The number of rotatable bonds is 9. The normalized spacial score (nSPS) is 12.4. The van der Waals surface area contributed by atoms with Crippen LogP contribution in [0.5, 0.6) is 0 Å². The van der Waals surface area contributed by atoms with Gasteiger partial charge in [-0.2, -0.15) is 0 Å². The van der Waals surface area contributed by atoms with Crippen LogP contribution in [-0.2, 0) is 9.53 Å². The number of halogens is 3. The number of carbonyl (C=O) groups excluding carboxylic acids is 2. The Kier molecular flexibility index (Phi) is 9.50. The molecule has 0 spiro atoms. The van der Waals surface area contributed by atoms with Crippen LogP contribution in [0.3, 0.4) is 0 Å². The molecule has 30 heavy (non-hydrogen) atoms. The Morgan fingerprint density at radius 3 is 2.33 bits per heavy atom. The molecule has 0 bridgehead atoms. The first-order valence-corrected chi connectivity index (χ1v) is 10.6. The minimum Gasteiger partial charge on any atom is -0.462 e. The number of unbranched alkanes of at least 4 members (excludes halogenated alkanes) is 1. The zero-order valence-electron chi connectivity index (χ0n) is 16.4. The van der Waals surface area contributed by atoms with Crippen LogP contribution in [0.25, 0.3) is 6.08 Å². The van der Waals surface area contributed by atoms with Crippen LogP contribution in [0.1, 0.15) is 35.7 Å². The van der Waals surface area contributed by atoms with E-state index in [9.17, 15) is 9.59 Å². The maximum Gasteiger partial charge on any atom is 0.338 e. The molecule has 160 valence electrons. The SMILES string of the molecule is CCCCOC(=O)c1ccc(N[C@@H](NC(=O)/C=C/c2ccccc2)C(Cl)(Cl)Cl)cc1. The van der Waals surface area contributed by atoms with Gasteiger partial charge in [0.2, 0.25) is 9.70 Å². The summed E-state index contributed by atoms with van der Waals surface area (Å²) >= 11 is 18.1. The van der Waals surface area contributed by atoms with E-state index in [0.717, 1.165) is 18.4 Å². The first-order chi connectivity index (χ1) is 14.3. The van der Waals surface area contributed by atoms with Gasteiger partial charge in [-0.05, 0) is 42.3 Å². The second-order valence-electron chi connectivity index (χ2n) is 6.44. The van der Waals surface area contributed by atoms with E-state index < -0.39 is 21.8 Å². The zero-order valence-corrected chi connectivity index (χ0v) is 18.7. The monoisotopic (exact) mass is 468 g/mol. The van der Waals surface area contributed by atoms with Crippen molar-refractivity contribution < 1.29 is 14.3 Å². The molecule has 1 amide bonds. The minimum atomic E-state index is -1.81. The highest BCUT2D eigenvalue weighted by Gasteiger charge is 2.33. The average molecular weight is 470 g/mol. The third-order valence-electron chi connectivity index (χ3n) is 4.00. The number of amides is 1. The molecule has 0 fully saturated rings. The summed E-state index contributed by atoms with van der Waals surface area (Å²) in [6.45, 7) is 2.40. The van der Waals surface area contributed by atoms with Crippen molar-refractivity contribution >= 4 is 58.4 Å². The molecule has 0 heterocycles. The summed E-state index contributed by atoms with van der Waals surface area (Å²) in [5.74, 6) is -0.828. The van der Waals surface area contributed by atoms with Crippen molar-refractivity contribution in [2.24, 2.45) is 0 Å². The maximum absolute atomic E-state index is 12.3. The fourth-order valence-electron chi connectivity index (χ4n) is 2.39. The lowest BCUT2D eigenvalue weighted by Gasteiger charge is -2.27. The van der Waals surface area contributed by atoms with Crippen LogP contribution in [-0.4, -0.2) is 28.4 Å². The highest BCUT2D eigenvalue weighted by molar-refractivity contribution is 6.68. The van der Waals surface area contributed by atoms with Crippen molar-refractivity contribution in [1.29, 1.82) is 0 Å². The van der Waals surface area contributed by atoms with Gasteiger partial charge in [0.25, 0.3) is 0 Å². The van der Waals surface area contributed by atoms with E-state index in [1.54, 1.807) is 30.3 Å². The molecular weight excluding hydrogens is 447 g/mol. The smallest absolute Gasteiger partial charge is 0.338 e. The fourth-order valence-corrected chi connectivity index (χ4v) is 2.72. The zero-order chi connectivity index (χ0) is 22.0. The summed E-state index contributed by atoms with van der Waals surface area (Å²) in [7, 11) is 0. The van der Waals surface area contributed by atoms with Crippen LogP contribution < -0.4 is 10.6 Å². The van der Waals surface area contributed by atoms with Crippen molar-refractivity contribution in [2.75, 3.05) is 11.9 Å². The molecule has 2 N–H and O–H groups in total. The largest absolute Gasteiger partial charge is 0.462 e. The Bertz CT molecular complexity index is 850. The molecule has 0 saturated heterocycles. The number of hydrogen-bond acceptors (Lipinski definition) is 4. The molecule has 0 saturated carbocycles. The Morgan fingerprint density at radius 2 is 1.73 bits per heavy atom. The lowest BCUT2D eigenvalue weighted by molar-refractivity contribution is -0.116. The standard InChI is InChI=1S/C22H23Cl3N2O3/c1-2-3-15-30-20(29)17-10-12-18(13-11-17)26-21(22(23,24)25)27-19(28)14-9-16-7-5-4-6-8-16/h4-14,21,26H,2-3,15H2,1H3,(H,27,28)/b14-9+/t21-/m0/s1. The first kappa shape index (κ1) is 24.1. The van der Waals surface area contributed by atoms with Gasteiger partial charge in [0.15, 0.2) is 0 Å². The third kappa shape index (κ3) is 8.27. The molecule has 8 heteroatoms. The van der Waals surface area contributed by atoms with Crippen molar-refractivity contribution in [3.63, 3.8) is 0 Å². The number of alkyl halides is 3. The van der Waals surface area contributed by atoms with Crippen molar-refractivity contribution in [2.45, 2.75) is 29.7 Å². The molecule has 0 aliphatic rings. The molecule has 0 aromatic heterocycles. The van der Waals surface area contributed by atoms with Gasteiger partial charge in [-0.25, -0.2) is 4.79 Å². The molecule has 2 rings (SSSR count). The van der Waals surface area contributed by atoms with Crippen molar-refractivity contribution in [3.05, 3.63) is 71.8 Å². The second kappa shape index (κ2) is 11.8. The van der Waals surface area contributed by atoms with Gasteiger partial charge in [0.1, 0.15) is 6.17 Å². The number of hydrogen-bond donors (Lipinski definition) is 2. The van der Waals surface area contributed by atoms with E-state index in [2.05, 4.69) is 10.6 Å². The van der Waals surface area contributed by atoms with Crippen molar-refractivity contribution in [1.82, 2.24) is 5.32 Å². The number of anilines is 1. The van der Waals surface area contributed by atoms with Crippen LogP contribution in [0, 0.1) is 0 Å². The number of nitrogens with one attached hydrogen (secondary N) is 2. The summed E-state index contributed by atoms with van der Waals surface area (Å²) in [4.78, 5) is 24.2. The molecule has 0 unspecified atom stereocenters. The summed E-state index contributed by atoms with van der Waals surface area (Å²) in [6, 6.07) is 15.8. The summed E-state index contributed by atoms with van der Waals surface area (Å²) in [5.41, 5.74) is 1.84. The summed E-state index contributed by atoms with van der Waals surface area (Å²) in [6.07, 6.45) is 3.77. The third-order valence-corrected chi connectivity index (χ3v) is 4.66. The summed E-state index contributed by atoms with van der Waals surface area (Å²) < 4.78 is 3.36. The quantitative estimate of drug-likeness (QED) is 0.165. The minimum absolute atomic E-state index is 0.382. The Balaban J connectivity index is 2.00. The van der Waals surface area contributed by atoms with Crippen molar-refractivity contribution in [3.8, 4) is 0 Å². The van der Waals surface area contributed by atoms with Crippen LogP contribution >= 0.6 is 34.8 Å². The second-order valence-corrected chi connectivity index (χ2v) is 8.81. The Hall–Kier alpha value is -2.21. The Labute approximate surface area is 191 Å². The van der Waals surface area contributed by atoms with Crippen LogP contribution in [0.4, 0.5) is 5.69 Å². The maximum atomic E-state index is 12.3. The summed E-state index contributed by atoms with van der Waals surface area (Å²) in [5, 5.41) is 5.58. The van der Waals surface area contributed by atoms with Crippen LogP contribution in [0.15, 0.2) is 60.7 Å². The number of ether oxygens (including phenoxy) is 1. The van der Waals surface area contributed by atoms with E-state index in [4.69, 9.17) is 39.5 Å². The van der Waals surface area contributed by atoms with Crippen LogP contribution in [0.2, 0.25) is 0 Å². The topological polar surface area (TPSA) is 67.4 Å². The van der Waals surface area contributed by atoms with Gasteiger partial charge in [-0.1, -0.05) is 78.5 Å². The number of esters is 1. The van der Waals surface area contributed by atoms with Gasteiger partial charge in [-0.3, -0.25) is 4.79 Å². The highest BCUT2D eigenvalue weighted by Crippen LogP contribution is 2.31. The lowest BCUT2D eigenvalue weighted by atomic mass is 10.2. The molecular formula is C22H23Cl3N2O3. The molecule has 2 aromatic carbocycles. The predicted molar refractivity (Wildman–Crippen MR) is 123 cm³/mol. The first-order valence-electron chi connectivity index (χ1n) is 9.43. The molecule has 0 aliphatic carbocycles. The Morgan fingerprint density at radius 1 is 1.07 bits per heavy atom. The molecule has 2 aromatic rings. The predicted octanol–water partition coefficient (Wildman–Crippen LogP) is 5.58. The van der Waals surface area contributed by atoms with Gasteiger partial charge < -0.3 is 15.4 Å². The molecule has 0 aliphatic heterocycles. The molecule has 1 atom stereocenters. The number of benzene rings is 2. The molecule has 0 radical (unpaired) electrons. The van der Waals surface area contributed by atoms with E-state index in [0.29, 0.717) is 17.9 Å². The molecule has 5 nitrogen and oxygen atoms in total. The van der Waals surface area contributed by atoms with E-state index in [-0.39, 0.29) is 0 Å². The van der Waals surface area contributed by atoms with Gasteiger partial charge in [0.05, 0.1) is 12.2 Å². The number of carbonyl (C=O) groups is 2. The van der Waals surface area contributed by atoms with E-state index in [1.807, 2.05) is 37.3 Å².